The van der Waals surface area contributed by atoms with Gasteiger partial charge in [-0.05, 0) is 209 Å². The van der Waals surface area contributed by atoms with Gasteiger partial charge in [0.15, 0.2) is 0 Å². The zero-order valence-corrected chi connectivity index (χ0v) is 45.8. The number of unbranched alkanes of at least 4 members (excludes halogenated alkanes) is 11. The summed E-state index contributed by atoms with van der Waals surface area (Å²) < 4.78 is 0. The average molecular weight is 957 g/mol. The number of nitrogens with one attached hydrogen (secondary N) is 2. The van der Waals surface area contributed by atoms with E-state index in [-0.39, 0.29) is 0 Å². The minimum absolute atomic E-state index is 0.987. The molecule has 7 rings (SSSR count). The Morgan fingerprint density at radius 1 is 0.278 bits per heavy atom. The summed E-state index contributed by atoms with van der Waals surface area (Å²) >= 11 is 0. The normalized spacial score (nSPS) is 11.3. The van der Waals surface area contributed by atoms with Crippen molar-refractivity contribution < 1.29 is 0 Å². The van der Waals surface area contributed by atoms with Crippen LogP contribution < -0.4 is 10.6 Å². The molecule has 0 fully saturated rings. The van der Waals surface area contributed by atoms with Gasteiger partial charge in [0, 0.05) is 22.7 Å². The van der Waals surface area contributed by atoms with Crippen LogP contribution in [0.4, 0.5) is 22.7 Å². The van der Waals surface area contributed by atoms with Crippen LogP contribution in [0.3, 0.4) is 0 Å². The Morgan fingerprint density at radius 3 is 1.04 bits per heavy atom. The van der Waals surface area contributed by atoms with Gasteiger partial charge in [0.05, 0.1) is 0 Å². The van der Waals surface area contributed by atoms with Crippen LogP contribution in [-0.4, -0.2) is 0 Å². The minimum Gasteiger partial charge on any atom is -0.356 e. The molecule has 0 spiro atoms. The molecule has 0 saturated carbocycles. The lowest BCUT2D eigenvalue weighted by Gasteiger charge is -2.21. The van der Waals surface area contributed by atoms with Crippen molar-refractivity contribution in [1.29, 1.82) is 0 Å². The molecular formula is C70H88N2. The molecule has 2 N–H and O–H groups in total. The first-order chi connectivity index (χ1) is 35.2. The largest absolute Gasteiger partial charge is 0.356 e. The maximum Gasteiger partial charge on any atom is 0.0387 e. The second-order valence-corrected chi connectivity index (χ2v) is 20.8. The van der Waals surface area contributed by atoms with Gasteiger partial charge in [0.2, 0.25) is 0 Å². The van der Waals surface area contributed by atoms with E-state index in [9.17, 15) is 0 Å². The zero-order valence-electron chi connectivity index (χ0n) is 45.8. The van der Waals surface area contributed by atoms with E-state index in [0.29, 0.717) is 0 Å². The van der Waals surface area contributed by atoms with E-state index < -0.39 is 0 Å². The molecule has 2 heteroatoms. The Morgan fingerprint density at radius 2 is 0.639 bits per heavy atom. The highest BCUT2D eigenvalue weighted by atomic mass is 14.9. The van der Waals surface area contributed by atoms with E-state index in [1.165, 1.54) is 185 Å². The molecule has 72 heavy (non-hydrogen) atoms. The number of hydrogen-bond acceptors (Lipinski definition) is 2. The van der Waals surface area contributed by atoms with E-state index in [0.717, 1.165) is 54.9 Å². The monoisotopic (exact) mass is 957 g/mol. The molecule has 7 aromatic rings. The fraction of sp³-hybridized carbons (Fsp3) is 0.400. The van der Waals surface area contributed by atoms with Crippen molar-refractivity contribution in [2.24, 2.45) is 0 Å². The molecule has 2 nitrogen and oxygen atoms in total. The molecule has 0 bridgehead atoms. The van der Waals surface area contributed by atoms with Gasteiger partial charge in [-0.15, -0.1) is 0 Å². The van der Waals surface area contributed by atoms with Crippen molar-refractivity contribution >= 4 is 22.7 Å². The Kier molecular flexibility index (Phi) is 20.8. The number of anilines is 4. The minimum atomic E-state index is 0.987. The highest BCUT2D eigenvalue weighted by molar-refractivity contribution is 5.82. The molecule has 378 valence electrons. The second-order valence-electron chi connectivity index (χ2n) is 20.8. The lowest BCUT2D eigenvalue weighted by atomic mass is 9.85. The van der Waals surface area contributed by atoms with E-state index >= 15 is 0 Å². The summed E-state index contributed by atoms with van der Waals surface area (Å²) in [5.41, 5.74) is 26.5. The maximum atomic E-state index is 3.81. The van der Waals surface area contributed by atoms with Crippen LogP contribution in [0.2, 0.25) is 0 Å². The van der Waals surface area contributed by atoms with Gasteiger partial charge in [0.25, 0.3) is 0 Å². The van der Waals surface area contributed by atoms with Crippen molar-refractivity contribution in [2.75, 3.05) is 10.6 Å². The van der Waals surface area contributed by atoms with Crippen LogP contribution in [0.5, 0.6) is 0 Å². The van der Waals surface area contributed by atoms with Crippen molar-refractivity contribution in [3.63, 3.8) is 0 Å². The van der Waals surface area contributed by atoms with Gasteiger partial charge in [-0.3, -0.25) is 0 Å². The summed E-state index contributed by atoms with van der Waals surface area (Å²) in [6.07, 6.45) is 24.4. The van der Waals surface area contributed by atoms with Crippen LogP contribution in [0.15, 0.2) is 133 Å². The number of hydrogen-bond donors (Lipinski definition) is 2. The molecule has 0 unspecified atom stereocenters. The maximum absolute atomic E-state index is 3.81. The van der Waals surface area contributed by atoms with Crippen LogP contribution in [0, 0.1) is 13.8 Å². The van der Waals surface area contributed by atoms with Gasteiger partial charge in [-0.25, -0.2) is 0 Å². The van der Waals surface area contributed by atoms with Crippen LogP contribution in [-0.2, 0) is 38.5 Å². The molecule has 0 saturated heterocycles. The number of benzene rings is 7. The molecule has 0 aliphatic heterocycles. The third-order valence-corrected chi connectivity index (χ3v) is 15.3. The smallest absolute Gasteiger partial charge is 0.0387 e. The summed E-state index contributed by atoms with van der Waals surface area (Å²) in [5, 5.41) is 7.60. The Hall–Kier alpha value is -5.86. The molecule has 0 atom stereocenters. The zero-order chi connectivity index (χ0) is 50.7. The van der Waals surface area contributed by atoms with E-state index in [4.69, 9.17) is 0 Å². The van der Waals surface area contributed by atoms with Crippen LogP contribution in [0.1, 0.15) is 176 Å². The number of rotatable bonds is 28. The SMILES string of the molecule is CCCCCCCCc1ccc(-c2ccc(Nc3ccc(-c4cc(CCCCCC)c(-c5ccc(Nc6ccc(-c7ccc(CC)cc7)c(CC)c6)cc5C)cc4CCCCCC)c(C)c3)cc2CC)cc1. The second kappa shape index (κ2) is 27.8. The lowest BCUT2D eigenvalue weighted by molar-refractivity contribution is 0.607. The van der Waals surface area contributed by atoms with Gasteiger partial charge in [-0.2, -0.15) is 0 Å². The van der Waals surface area contributed by atoms with E-state index in [2.05, 4.69) is 199 Å². The summed E-state index contributed by atoms with van der Waals surface area (Å²) in [6, 6.07) is 51.5. The molecular weight excluding hydrogens is 869 g/mol. The van der Waals surface area contributed by atoms with Crippen LogP contribution in [0.25, 0.3) is 44.5 Å². The standard InChI is InChI=1S/C70H88N2/c1-9-15-18-21-22-23-26-54-31-35-58(36-32-54)68-44-40-64(48-56(68)14-6)72-62-38-42-66(52(8)46-62)70-50-59(27-24-19-16-10-2)69(49-60(70)28-25-20-17-11-3)65-41-37-61(45-51(65)7)71-63-39-43-67(55(13-5)47-63)57-33-29-53(12-4)30-34-57/h29-50,71-72H,9-28H2,1-8H3. The predicted molar refractivity (Wildman–Crippen MR) is 318 cm³/mol. The topological polar surface area (TPSA) is 24.1 Å². The molecule has 0 aromatic heterocycles. The average Bonchev–Trinajstić information content (AvgIpc) is 3.40. The third kappa shape index (κ3) is 14.6. The Labute approximate surface area is 437 Å². The first-order valence-corrected chi connectivity index (χ1v) is 28.6. The van der Waals surface area contributed by atoms with Crippen molar-refractivity contribution in [1.82, 2.24) is 0 Å². The highest BCUT2D eigenvalue weighted by Crippen LogP contribution is 2.40. The summed E-state index contributed by atoms with van der Waals surface area (Å²) in [7, 11) is 0. The van der Waals surface area contributed by atoms with Crippen molar-refractivity contribution in [3.05, 3.63) is 178 Å². The quantitative estimate of drug-likeness (QED) is 0.0478. The summed E-state index contributed by atoms with van der Waals surface area (Å²) in [6.45, 7) is 18.3. The Bertz CT molecular complexity index is 2770. The van der Waals surface area contributed by atoms with Gasteiger partial charge in [0.1, 0.15) is 0 Å². The van der Waals surface area contributed by atoms with Gasteiger partial charge < -0.3 is 10.6 Å². The molecule has 0 radical (unpaired) electrons. The lowest BCUT2D eigenvalue weighted by Crippen LogP contribution is -2.01. The molecule has 0 heterocycles. The molecule has 0 aliphatic carbocycles. The molecule has 7 aromatic carbocycles. The Balaban J connectivity index is 1.13. The first-order valence-electron chi connectivity index (χ1n) is 28.6. The fourth-order valence-electron chi connectivity index (χ4n) is 10.9. The van der Waals surface area contributed by atoms with Crippen LogP contribution >= 0.6 is 0 Å². The molecule has 0 aliphatic rings. The van der Waals surface area contributed by atoms with E-state index in [1.807, 2.05) is 0 Å². The first kappa shape index (κ1) is 53.9. The van der Waals surface area contributed by atoms with Crippen molar-refractivity contribution in [3.8, 4) is 44.5 Å². The summed E-state index contributed by atoms with van der Waals surface area (Å²) in [4.78, 5) is 0. The third-order valence-electron chi connectivity index (χ3n) is 15.3. The fourth-order valence-corrected chi connectivity index (χ4v) is 10.9. The van der Waals surface area contributed by atoms with E-state index in [1.54, 1.807) is 0 Å². The molecule has 0 amide bonds. The number of aryl methyl sites for hydroxylation is 8. The van der Waals surface area contributed by atoms with Crippen molar-refractivity contribution in [2.45, 2.75) is 184 Å². The predicted octanol–water partition coefficient (Wildman–Crippen LogP) is 21.3. The van der Waals surface area contributed by atoms with Gasteiger partial charge in [-0.1, -0.05) is 197 Å². The van der Waals surface area contributed by atoms with Gasteiger partial charge >= 0.3 is 0 Å². The summed E-state index contributed by atoms with van der Waals surface area (Å²) in [5.74, 6) is 0. The highest BCUT2D eigenvalue weighted by Gasteiger charge is 2.18.